The molecule has 0 unspecified atom stereocenters. The number of aromatic nitrogens is 3. The number of benzene rings is 1. The van der Waals surface area contributed by atoms with Gasteiger partial charge in [0.25, 0.3) is 0 Å². The zero-order valence-electron chi connectivity index (χ0n) is 22.3. The number of rotatable bonds is 9. The van der Waals surface area contributed by atoms with E-state index in [0.717, 1.165) is 65.1 Å². The maximum absolute atomic E-state index is 12.6. The third-order valence-corrected chi connectivity index (χ3v) is 6.49. The summed E-state index contributed by atoms with van der Waals surface area (Å²) < 4.78 is 44.0. The van der Waals surface area contributed by atoms with Gasteiger partial charge >= 0.3 is 6.36 Å². The maximum atomic E-state index is 12.6. The second-order valence-electron chi connectivity index (χ2n) is 9.45. The molecule has 0 atom stereocenters. The Hall–Kier alpha value is -3.59. The Kier molecular flexibility index (Phi) is 8.26. The average molecular weight is 526 g/mol. The monoisotopic (exact) mass is 525 g/mol. The van der Waals surface area contributed by atoms with Crippen molar-refractivity contribution in [2.24, 2.45) is 0 Å². The molecule has 0 spiro atoms. The van der Waals surface area contributed by atoms with Gasteiger partial charge in [-0.25, -0.2) is 4.98 Å². The first-order chi connectivity index (χ1) is 18.1. The van der Waals surface area contributed by atoms with E-state index < -0.39 is 13.0 Å². The molecule has 1 aromatic carbocycles. The van der Waals surface area contributed by atoms with E-state index in [0.29, 0.717) is 18.5 Å². The lowest BCUT2D eigenvalue weighted by Crippen LogP contribution is -2.37. The molecular formula is C29H34F3N5O. The molecule has 0 N–H and O–H groups in total. The second kappa shape index (κ2) is 11.4. The van der Waals surface area contributed by atoms with Gasteiger partial charge in [-0.05, 0) is 42.5 Å². The fraction of sp³-hybridized carbons (Fsp3) is 0.379. The zero-order valence-corrected chi connectivity index (χ0v) is 22.3. The van der Waals surface area contributed by atoms with Crippen molar-refractivity contribution in [2.75, 3.05) is 18.5 Å². The summed E-state index contributed by atoms with van der Waals surface area (Å²) in [6, 6.07) is 11.1. The molecule has 0 radical (unpaired) electrons. The molecule has 0 fully saturated rings. The minimum Gasteiger partial charge on any atom is -0.327 e. The third kappa shape index (κ3) is 6.10. The predicted molar refractivity (Wildman–Crippen MR) is 143 cm³/mol. The molecule has 38 heavy (non-hydrogen) atoms. The Balaban J connectivity index is 1.80. The number of alkyl halides is 3. The Morgan fingerprint density at radius 1 is 1.08 bits per heavy atom. The van der Waals surface area contributed by atoms with Crippen molar-refractivity contribution in [3.8, 4) is 0 Å². The molecule has 9 heteroatoms. The highest BCUT2D eigenvalue weighted by Crippen LogP contribution is 2.40. The molecule has 0 saturated carbocycles. The SMILES string of the molecule is C=C1N(CCC)/C(=C\CC)c2c(nc(Cc3cccc(COC(F)(F)F)c3)n2Cc2ccc(C)nc2)N1C. The highest BCUT2D eigenvalue weighted by Gasteiger charge is 2.33. The van der Waals surface area contributed by atoms with E-state index >= 15 is 0 Å². The predicted octanol–water partition coefficient (Wildman–Crippen LogP) is 6.65. The van der Waals surface area contributed by atoms with E-state index in [9.17, 15) is 13.2 Å². The Morgan fingerprint density at radius 3 is 2.50 bits per heavy atom. The number of halogens is 3. The van der Waals surface area contributed by atoms with Crippen LogP contribution in [0.1, 0.15) is 60.6 Å². The van der Waals surface area contributed by atoms with Crippen LogP contribution in [0, 0.1) is 6.92 Å². The number of allylic oxidation sites excluding steroid dienone is 1. The molecule has 0 bridgehead atoms. The number of pyridine rings is 1. The smallest absolute Gasteiger partial charge is 0.327 e. The zero-order chi connectivity index (χ0) is 27.4. The van der Waals surface area contributed by atoms with Gasteiger partial charge < -0.3 is 14.4 Å². The highest BCUT2D eigenvalue weighted by atomic mass is 19.4. The lowest BCUT2D eigenvalue weighted by molar-refractivity contribution is -0.330. The minimum atomic E-state index is -4.67. The quantitative estimate of drug-likeness (QED) is 0.313. The summed E-state index contributed by atoms with van der Waals surface area (Å²) in [5.41, 5.74) is 5.36. The largest absolute Gasteiger partial charge is 0.522 e. The van der Waals surface area contributed by atoms with E-state index in [4.69, 9.17) is 4.98 Å². The van der Waals surface area contributed by atoms with Crippen molar-refractivity contribution in [1.82, 2.24) is 19.4 Å². The third-order valence-electron chi connectivity index (χ3n) is 6.49. The summed E-state index contributed by atoms with van der Waals surface area (Å²) in [4.78, 5) is 13.8. The van der Waals surface area contributed by atoms with Gasteiger partial charge in [-0.3, -0.25) is 9.72 Å². The van der Waals surface area contributed by atoms with Crippen molar-refractivity contribution in [3.63, 3.8) is 0 Å². The number of anilines is 1. The van der Waals surface area contributed by atoms with Crippen LogP contribution in [0.25, 0.3) is 5.70 Å². The average Bonchev–Trinajstić information content (AvgIpc) is 3.22. The van der Waals surface area contributed by atoms with Crippen molar-refractivity contribution in [3.05, 3.63) is 95.0 Å². The van der Waals surface area contributed by atoms with E-state index in [1.54, 1.807) is 18.2 Å². The first-order valence-corrected chi connectivity index (χ1v) is 12.8. The molecule has 4 rings (SSSR count). The Morgan fingerprint density at radius 2 is 1.84 bits per heavy atom. The first-order valence-electron chi connectivity index (χ1n) is 12.8. The number of aryl methyl sites for hydroxylation is 1. The molecule has 2 aromatic heterocycles. The molecule has 1 aliphatic heterocycles. The van der Waals surface area contributed by atoms with E-state index in [1.165, 1.54) is 0 Å². The molecule has 1 aliphatic rings. The van der Waals surface area contributed by atoms with Crippen LogP contribution >= 0.6 is 0 Å². The molecular weight excluding hydrogens is 491 g/mol. The number of hydrogen-bond donors (Lipinski definition) is 0. The molecule has 3 aromatic rings. The van der Waals surface area contributed by atoms with Gasteiger partial charge in [-0.15, -0.1) is 13.2 Å². The van der Waals surface area contributed by atoms with Crippen molar-refractivity contribution in [2.45, 2.75) is 59.5 Å². The summed E-state index contributed by atoms with van der Waals surface area (Å²) in [5, 5.41) is 0. The minimum absolute atomic E-state index is 0.444. The highest BCUT2D eigenvalue weighted by molar-refractivity contribution is 5.78. The van der Waals surface area contributed by atoms with Gasteiger partial charge in [0.2, 0.25) is 0 Å². The van der Waals surface area contributed by atoms with Crippen LogP contribution in [0.5, 0.6) is 0 Å². The van der Waals surface area contributed by atoms with Gasteiger partial charge in [0.15, 0.2) is 5.82 Å². The molecule has 3 heterocycles. The standard InChI is InChI=1S/C29H34F3N5O/c1-6-9-25-27-28(35(5)21(4)36(25)14-7-2)34-26(37(27)18-24-13-12-20(3)33-17-24)16-22-10-8-11-23(15-22)19-38-29(30,31)32/h8-13,15,17H,4,6-7,14,16,18-19H2,1-3,5H3/b25-9-. The van der Waals surface area contributed by atoms with Gasteiger partial charge in [0, 0.05) is 31.9 Å². The lowest BCUT2D eigenvalue weighted by Gasteiger charge is -2.39. The summed E-state index contributed by atoms with van der Waals surface area (Å²) in [5.74, 6) is 2.48. The maximum Gasteiger partial charge on any atom is 0.522 e. The van der Waals surface area contributed by atoms with Crippen LogP contribution in [-0.2, 0) is 24.3 Å². The van der Waals surface area contributed by atoms with Gasteiger partial charge in [0.1, 0.15) is 17.3 Å². The normalized spacial score (nSPS) is 14.9. The van der Waals surface area contributed by atoms with Crippen LogP contribution in [0.4, 0.5) is 19.0 Å². The number of nitrogens with zero attached hydrogens (tertiary/aromatic N) is 5. The van der Waals surface area contributed by atoms with Gasteiger partial charge in [-0.2, -0.15) is 0 Å². The second-order valence-corrected chi connectivity index (χ2v) is 9.45. The fourth-order valence-electron chi connectivity index (χ4n) is 4.67. The van der Waals surface area contributed by atoms with Crippen LogP contribution in [0.3, 0.4) is 0 Å². The van der Waals surface area contributed by atoms with E-state index in [1.807, 2.05) is 37.2 Å². The molecule has 0 amide bonds. The van der Waals surface area contributed by atoms with Gasteiger partial charge in [-0.1, -0.05) is 56.8 Å². The molecule has 0 saturated heterocycles. The van der Waals surface area contributed by atoms with Crippen LogP contribution < -0.4 is 4.90 Å². The number of fused-ring (bicyclic) bond motifs is 1. The van der Waals surface area contributed by atoms with E-state index in [-0.39, 0.29) is 0 Å². The van der Waals surface area contributed by atoms with Crippen molar-refractivity contribution >= 4 is 11.5 Å². The number of hydrogen-bond acceptors (Lipinski definition) is 5. The summed E-state index contributed by atoms with van der Waals surface area (Å²) >= 11 is 0. The molecule has 6 nitrogen and oxygen atoms in total. The lowest BCUT2D eigenvalue weighted by atomic mass is 10.1. The summed E-state index contributed by atoms with van der Waals surface area (Å²) in [6.45, 7) is 11.4. The Labute approximate surface area is 222 Å². The van der Waals surface area contributed by atoms with E-state index in [2.05, 4.69) is 51.8 Å². The van der Waals surface area contributed by atoms with Crippen LogP contribution in [0.15, 0.2) is 61.1 Å². The van der Waals surface area contributed by atoms with Crippen LogP contribution in [0.2, 0.25) is 0 Å². The Bertz CT molecular complexity index is 1310. The number of ether oxygens (including phenoxy) is 1. The van der Waals surface area contributed by atoms with Crippen LogP contribution in [-0.4, -0.2) is 39.4 Å². The topological polar surface area (TPSA) is 46.4 Å². The van der Waals surface area contributed by atoms with Crippen molar-refractivity contribution in [1.29, 1.82) is 0 Å². The fourth-order valence-corrected chi connectivity index (χ4v) is 4.67. The molecule has 202 valence electrons. The summed E-state index contributed by atoms with van der Waals surface area (Å²) in [7, 11) is 1.97. The number of imidazole rings is 1. The van der Waals surface area contributed by atoms with Crippen molar-refractivity contribution < 1.29 is 17.9 Å². The first kappa shape index (κ1) is 27.4. The summed E-state index contributed by atoms with van der Waals surface area (Å²) in [6.07, 6.45) is 1.65. The van der Waals surface area contributed by atoms with Gasteiger partial charge in [0.05, 0.1) is 18.8 Å². The molecule has 0 aliphatic carbocycles.